The molecule has 44 heavy (non-hydrogen) atoms. The number of unbranched alkanes of at least 4 members (excludes halogenated alkanes) is 15. The summed E-state index contributed by atoms with van der Waals surface area (Å²) in [7, 11) is 0. The summed E-state index contributed by atoms with van der Waals surface area (Å²) in [4.78, 5) is 48.3. The van der Waals surface area contributed by atoms with Gasteiger partial charge in [0, 0.05) is 31.1 Å². The zero-order chi connectivity index (χ0) is 32.6. The predicted molar refractivity (Wildman–Crippen MR) is 174 cm³/mol. The molecule has 0 aromatic rings. The fourth-order valence-corrected chi connectivity index (χ4v) is 5.41. The van der Waals surface area contributed by atoms with Crippen LogP contribution in [0.2, 0.25) is 0 Å². The zero-order valence-electron chi connectivity index (χ0n) is 27.9. The maximum atomic E-state index is 12.6. The Morgan fingerprint density at radius 3 is 1.84 bits per heavy atom. The Labute approximate surface area is 266 Å². The molecule has 2 amide bonds. The second kappa shape index (κ2) is 24.6. The average molecular weight is 621 g/mol. The van der Waals surface area contributed by atoms with Crippen molar-refractivity contribution >= 4 is 23.8 Å². The molecule has 4 atom stereocenters. The first kappa shape index (κ1) is 39.3. The highest BCUT2D eigenvalue weighted by Crippen LogP contribution is 2.24. The number of hydrogen-bond acceptors (Lipinski definition) is 6. The van der Waals surface area contributed by atoms with Crippen LogP contribution >= 0.6 is 0 Å². The lowest BCUT2D eigenvalue weighted by Crippen LogP contribution is -2.59. The van der Waals surface area contributed by atoms with E-state index in [2.05, 4.69) is 17.6 Å². The number of amides is 2. The molecule has 252 valence electrons. The first-order valence-corrected chi connectivity index (χ1v) is 17.2. The summed E-state index contributed by atoms with van der Waals surface area (Å²) < 4.78 is 11.2. The van der Waals surface area contributed by atoms with Crippen molar-refractivity contribution in [3.05, 3.63) is 23.8 Å². The van der Waals surface area contributed by atoms with Crippen LogP contribution in [0, 0.1) is 0 Å². The van der Waals surface area contributed by atoms with E-state index >= 15 is 0 Å². The van der Waals surface area contributed by atoms with E-state index in [9.17, 15) is 24.3 Å². The fourth-order valence-electron chi connectivity index (χ4n) is 5.41. The van der Waals surface area contributed by atoms with Crippen LogP contribution in [0.3, 0.4) is 0 Å². The maximum Gasteiger partial charge on any atom is 0.331 e. The van der Waals surface area contributed by atoms with E-state index in [1.807, 2.05) is 13.8 Å². The number of carbonyl (C=O) groups excluding carboxylic acids is 3. The Morgan fingerprint density at radius 1 is 0.841 bits per heavy atom. The monoisotopic (exact) mass is 620 g/mol. The molecule has 0 aliphatic heterocycles. The number of rotatable bonds is 25. The van der Waals surface area contributed by atoms with Gasteiger partial charge in [-0.15, -0.1) is 0 Å². The van der Waals surface area contributed by atoms with Gasteiger partial charge in [0.25, 0.3) is 0 Å². The highest BCUT2D eigenvalue weighted by Gasteiger charge is 2.37. The van der Waals surface area contributed by atoms with Gasteiger partial charge in [0.05, 0.1) is 30.9 Å². The van der Waals surface area contributed by atoms with Crippen LogP contribution in [0.4, 0.5) is 0 Å². The van der Waals surface area contributed by atoms with Crippen LogP contribution in [0.25, 0.3) is 0 Å². The number of ether oxygens (including phenoxy) is 2. The van der Waals surface area contributed by atoms with Crippen molar-refractivity contribution in [2.75, 3.05) is 6.61 Å². The molecule has 9 heteroatoms. The predicted octanol–water partition coefficient (Wildman–Crippen LogP) is 6.94. The molecule has 0 radical (unpaired) electrons. The molecular weight excluding hydrogens is 560 g/mol. The minimum atomic E-state index is -1.11. The van der Waals surface area contributed by atoms with Crippen LogP contribution in [0.5, 0.6) is 0 Å². The number of carboxylic acids is 1. The van der Waals surface area contributed by atoms with Gasteiger partial charge in [-0.3, -0.25) is 9.59 Å². The third-order valence-corrected chi connectivity index (χ3v) is 8.14. The second-order valence-corrected chi connectivity index (χ2v) is 12.2. The van der Waals surface area contributed by atoms with E-state index in [0.29, 0.717) is 13.0 Å². The lowest BCUT2D eigenvalue weighted by molar-refractivity contribution is -0.138. The number of esters is 1. The van der Waals surface area contributed by atoms with E-state index in [-0.39, 0.29) is 24.0 Å². The topological polar surface area (TPSA) is 131 Å². The van der Waals surface area contributed by atoms with Crippen molar-refractivity contribution in [3.63, 3.8) is 0 Å². The quantitative estimate of drug-likeness (QED) is 0.0573. The third kappa shape index (κ3) is 18.9. The molecule has 0 heterocycles. The summed E-state index contributed by atoms with van der Waals surface area (Å²) in [6.07, 6.45) is 23.8. The first-order valence-electron chi connectivity index (χ1n) is 17.2. The first-order chi connectivity index (χ1) is 21.2. The summed E-state index contributed by atoms with van der Waals surface area (Å²) in [5.41, 5.74) is 0.0902. The van der Waals surface area contributed by atoms with Gasteiger partial charge < -0.3 is 25.2 Å². The molecule has 1 aliphatic rings. The van der Waals surface area contributed by atoms with Gasteiger partial charge in [0.1, 0.15) is 0 Å². The van der Waals surface area contributed by atoms with Crippen LogP contribution in [0.15, 0.2) is 23.8 Å². The number of hydrogen-bond donors (Lipinski definition) is 3. The van der Waals surface area contributed by atoms with Gasteiger partial charge in [0.15, 0.2) is 0 Å². The van der Waals surface area contributed by atoms with Gasteiger partial charge >= 0.3 is 11.9 Å². The van der Waals surface area contributed by atoms with Gasteiger partial charge in [-0.2, -0.15) is 0 Å². The smallest absolute Gasteiger partial charge is 0.331 e. The fraction of sp³-hybridized carbons (Fsp3) is 0.771. The van der Waals surface area contributed by atoms with Gasteiger partial charge in [-0.1, -0.05) is 110 Å². The number of carboxylic acid groups (broad SMARTS) is 1. The minimum Gasteiger partial charge on any atom is -0.478 e. The van der Waals surface area contributed by atoms with E-state index < -0.39 is 36.0 Å². The zero-order valence-corrected chi connectivity index (χ0v) is 27.9. The van der Waals surface area contributed by atoms with Crippen LogP contribution in [-0.4, -0.2) is 59.8 Å². The second-order valence-electron chi connectivity index (χ2n) is 12.2. The summed E-state index contributed by atoms with van der Waals surface area (Å²) in [6, 6.07) is -1.40. The Balaban J connectivity index is 2.27. The molecular formula is C35H60N2O7. The average Bonchev–Trinajstić information content (AvgIpc) is 2.98. The molecule has 1 aliphatic carbocycles. The van der Waals surface area contributed by atoms with Crippen molar-refractivity contribution in [1.29, 1.82) is 0 Å². The Kier molecular flexibility index (Phi) is 22.0. The molecule has 0 spiro atoms. The highest BCUT2D eigenvalue weighted by atomic mass is 16.5. The molecule has 1 rings (SSSR count). The molecule has 3 N–H and O–H groups in total. The molecule has 0 aromatic heterocycles. The van der Waals surface area contributed by atoms with E-state index in [1.54, 1.807) is 0 Å². The SMILES string of the molecule is CCCCCCCCCCCCCCCCCCOC(=O)/C=C/C(=O)N[C@H]1CC(C(=O)O)=C[C@@H](OC(C)CC)[C@@H]1NC(C)=O. The Hall–Kier alpha value is -2.68. The molecule has 0 aromatic carbocycles. The number of aliphatic carboxylic acids is 1. The summed E-state index contributed by atoms with van der Waals surface area (Å²) in [5.74, 6) is -2.63. The number of carbonyl (C=O) groups is 4. The van der Waals surface area contributed by atoms with Crippen LogP contribution in [0.1, 0.15) is 143 Å². The van der Waals surface area contributed by atoms with Crippen molar-refractivity contribution in [3.8, 4) is 0 Å². The van der Waals surface area contributed by atoms with Crippen molar-refractivity contribution in [2.24, 2.45) is 0 Å². The summed E-state index contributed by atoms with van der Waals surface area (Å²) in [6.45, 7) is 7.71. The molecule has 1 unspecified atom stereocenters. The maximum absolute atomic E-state index is 12.6. The molecule has 0 bridgehead atoms. The normalized spacial score (nSPS) is 18.9. The lowest BCUT2D eigenvalue weighted by Gasteiger charge is -2.37. The number of nitrogens with one attached hydrogen (secondary N) is 2. The van der Waals surface area contributed by atoms with Crippen molar-refractivity contribution in [1.82, 2.24) is 10.6 Å². The summed E-state index contributed by atoms with van der Waals surface area (Å²) >= 11 is 0. The molecule has 9 nitrogen and oxygen atoms in total. The lowest BCUT2D eigenvalue weighted by atomic mass is 9.87. The van der Waals surface area contributed by atoms with Crippen molar-refractivity contribution in [2.45, 2.75) is 168 Å². The summed E-state index contributed by atoms with van der Waals surface area (Å²) in [5, 5.41) is 15.1. The molecule has 0 saturated heterocycles. The molecule has 0 saturated carbocycles. The van der Waals surface area contributed by atoms with Crippen LogP contribution < -0.4 is 10.6 Å². The molecule has 0 fully saturated rings. The van der Waals surface area contributed by atoms with Gasteiger partial charge in [0.2, 0.25) is 11.8 Å². The van der Waals surface area contributed by atoms with E-state index in [4.69, 9.17) is 9.47 Å². The van der Waals surface area contributed by atoms with Crippen LogP contribution in [-0.2, 0) is 28.7 Å². The van der Waals surface area contributed by atoms with Gasteiger partial charge in [-0.25, -0.2) is 9.59 Å². The third-order valence-electron chi connectivity index (χ3n) is 8.14. The van der Waals surface area contributed by atoms with E-state index in [1.165, 1.54) is 96.5 Å². The van der Waals surface area contributed by atoms with E-state index in [0.717, 1.165) is 31.4 Å². The Morgan fingerprint density at radius 2 is 1.36 bits per heavy atom. The van der Waals surface area contributed by atoms with Crippen molar-refractivity contribution < 1.29 is 33.8 Å². The Bertz CT molecular complexity index is 902. The largest absolute Gasteiger partial charge is 0.478 e. The highest BCUT2D eigenvalue weighted by molar-refractivity contribution is 5.95. The minimum absolute atomic E-state index is 0.00390. The standard InChI is InChI=1S/C35H60N2O7/c1-5-7-8-9-10-11-12-13-14-15-16-17-18-19-20-21-24-43-33(40)23-22-32(39)37-30-25-29(35(41)42)26-31(44-27(3)6-2)34(30)36-28(4)38/h22-23,26-27,30-31,34H,5-21,24-25H2,1-4H3,(H,36,38)(H,37,39)(H,41,42)/b23-22+/t27?,30-,31+,34+/m0/s1. The van der Waals surface area contributed by atoms with Gasteiger partial charge in [-0.05, 0) is 25.8 Å².